The predicted molar refractivity (Wildman–Crippen MR) is 61.5 cm³/mol. The molecule has 0 aliphatic rings. The number of aliphatic hydroxyl groups excluding tert-OH is 1. The van der Waals surface area contributed by atoms with Crippen LogP contribution in [0.5, 0.6) is 0 Å². The van der Waals surface area contributed by atoms with Crippen LogP contribution in [0.3, 0.4) is 0 Å². The Morgan fingerprint density at radius 1 is 1.31 bits per heavy atom. The average Bonchev–Trinajstić information content (AvgIpc) is 1.99. The summed E-state index contributed by atoms with van der Waals surface area (Å²) < 4.78 is 29.7. The molecular formula is C10H22O5S. The van der Waals surface area contributed by atoms with Crippen LogP contribution in [0, 0.1) is 5.92 Å². The third kappa shape index (κ3) is 8.04. The van der Waals surface area contributed by atoms with Gasteiger partial charge in [0, 0.05) is 0 Å². The summed E-state index contributed by atoms with van der Waals surface area (Å²) >= 11 is 0. The van der Waals surface area contributed by atoms with E-state index >= 15 is 0 Å². The van der Waals surface area contributed by atoms with Crippen molar-refractivity contribution < 1.29 is 23.2 Å². The summed E-state index contributed by atoms with van der Waals surface area (Å²) in [5.74, 6) is -0.0146. The molecule has 0 heterocycles. The van der Waals surface area contributed by atoms with E-state index in [9.17, 15) is 13.5 Å². The minimum atomic E-state index is -4.35. The highest BCUT2D eigenvalue weighted by atomic mass is 32.2. The van der Waals surface area contributed by atoms with Gasteiger partial charge in [0.2, 0.25) is 0 Å². The third-order valence-corrected chi connectivity index (χ3v) is 3.31. The minimum Gasteiger partial charge on any atom is -0.390 e. The molecule has 0 aromatic carbocycles. The van der Waals surface area contributed by atoms with Crippen LogP contribution < -0.4 is 0 Å². The summed E-state index contributed by atoms with van der Waals surface area (Å²) in [6.07, 6.45) is 2.10. The highest BCUT2D eigenvalue weighted by molar-refractivity contribution is 7.86. The first kappa shape index (κ1) is 15.8. The van der Waals surface area contributed by atoms with Crippen LogP contribution >= 0.6 is 0 Å². The van der Waals surface area contributed by atoms with Gasteiger partial charge in [-0.15, -0.1) is 0 Å². The molecule has 0 saturated carbocycles. The first-order chi connectivity index (χ1) is 7.02. The summed E-state index contributed by atoms with van der Waals surface area (Å²) in [5.41, 5.74) is -2.42. The van der Waals surface area contributed by atoms with Gasteiger partial charge in [0.15, 0.2) is 5.44 Å². The van der Waals surface area contributed by atoms with Gasteiger partial charge < -0.3 is 10.2 Å². The molecule has 2 unspecified atom stereocenters. The van der Waals surface area contributed by atoms with Crippen molar-refractivity contribution in [1.82, 2.24) is 0 Å². The Labute approximate surface area is 97.2 Å². The summed E-state index contributed by atoms with van der Waals surface area (Å²) in [4.78, 5) is 0. The maximum atomic E-state index is 10.6. The molecule has 6 heteroatoms. The monoisotopic (exact) mass is 254 g/mol. The predicted octanol–water partition coefficient (Wildman–Crippen LogP) is 1.16. The molecule has 3 N–H and O–H groups in total. The highest BCUT2D eigenvalue weighted by Crippen LogP contribution is 2.19. The van der Waals surface area contributed by atoms with E-state index in [1.807, 2.05) is 0 Å². The fourth-order valence-corrected chi connectivity index (χ4v) is 2.04. The first-order valence-corrected chi connectivity index (χ1v) is 6.89. The first-order valence-electron chi connectivity index (χ1n) is 5.39. The van der Waals surface area contributed by atoms with Gasteiger partial charge in [-0.3, -0.25) is 4.55 Å². The van der Waals surface area contributed by atoms with E-state index in [4.69, 9.17) is 9.66 Å². The second kappa shape index (κ2) is 5.95. The van der Waals surface area contributed by atoms with Gasteiger partial charge in [0.1, 0.15) is 0 Å². The van der Waals surface area contributed by atoms with E-state index in [0.29, 0.717) is 12.8 Å². The Morgan fingerprint density at radius 3 is 2.19 bits per heavy atom. The Bertz CT molecular complexity index is 291. The van der Waals surface area contributed by atoms with Crippen LogP contribution in [-0.2, 0) is 10.1 Å². The van der Waals surface area contributed by atoms with Crippen molar-refractivity contribution in [2.24, 2.45) is 5.92 Å². The zero-order chi connectivity index (χ0) is 13.0. The number of hydrogen-bond donors (Lipinski definition) is 3. The van der Waals surface area contributed by atoms with E-state index in [1.165, 1.54) is 0 Å². The lowest BCUT2D eigenvalue weighted by Crippen LogP contribution is -2.23. The Hall–Kier alpha value is -0.170. The van der Waals surface area contributed by atoms with Crippen LogP contribution in [0.4, 0.5) is 0 Å². The lowest BCUT2D eigenvalue weighted by molar-refractivity contribution is 0.0664. The van der Waals surface area contributed by atoms with E-state index in [0.717, 1.165) is 6.42 Å². The normalized spacial score (nSPS) is 17.1. The summed E-state index contributed by atoms with van der Waals surface area (Å²) in [7, 11) is -4.35. The molecule has 98 valence electrons. The summed E-state index contributed by atoms with van der Waals surface area (Å²) in [5, 5.41) is 18.6. The van der Waals surface area contributed by atoms with Gasteiger partial charge >= 0.3 is 0 Å². The molecular weight excluding hydrogens is 232 g/mol. The van der Waals surface area contributed by atoms with Crippen molar-refractivity contribution in [1.29, 1.82) is 0 Å². The van der Waals surface area contributed by atoms with E-state index in [1.54, 1.807) is 20.8 Å². The third-order valence-electron chi connectivity index (χ3n) is 2.43. The average molecular weight is 254 g/mol. The summed E-state index contributed by atoms with van der Waals surface area (Å²) in [6, 6.07) is 0. The highest BCUT2D eigenvalue weighted by Gasteiger charge is 2.22. The van der Waals surface area contributed by atoms with Crippen LogP contribution in [0.1, 0.15) is 46.5 Å². The smallest absolute Gasteiger partial charge is 0.291 e. The van der Waals surface area contributed by atoms with Crippen molar-refractivity contribution in [3.63, 3.8) is 0 Å². The van der Waals surface area contributed by atoms with Gasteiger partial charge in [-0.1, -0.05) is 19.8 Å². The fourth-order valence-electron chi connectivity index (χ4n) is 1.47. The standard InChI is InChI=1S/C10H22O5S/c1-8(5-4-6-10(2,3)12)7-9(11)16(13,14)15/h8-9,11-12H,4-7H2,1-3H3,(H,13,14,15). The fraction of sp³-hybridized carbons (Fsp3) is 1.00. The molecule has 0 spiro atoms. The Morgan fingerprint density at radius 2 is 1.81 bits per heavy atom. The lowest BCUT2D eigenvalue weighted by atomic mass is 9.95. The van der Waals surface area contributed by atoms with E-state index in [-0.39, 0.29) is 12.3 Å². The van der Waals surface area contributed by atoms with Gasteiger partial charge in [0.25, 0.3) is 10.1 Å². The van der Waals surface area contributed by atoms with Crippen molar-refractivity contribution in [2.75, 3.05) is 0 Å². The second-order valence-corrected chi connectivity index (χ2v) is 6.59. The number of rotatable bonds is 7. The van der Waals surface area contributed by atoms with Crippen molar-refractivity contribution in [3.05, 3.63) is 0 Å². The van der Waals surface area contributed by atoms with Crippen molar-refractivity contribution in [2.45, 2.75) is 57.5 Å². The molecule has 0 aromatic heterocycles. The quantitative estimate of drug-likeness (QED) is 0.593. The summed E-state index contributed by atoms with van der Waals surface area (Å²) in [6.45, 7) is 5.23. The molecule has 0 rings (SSSR count). The largest absolute Gasteiger partial charge is 0.390 e. The van der Waals surface area contributed by atoms with Crippen LogP contribution in [0.15, 0.2) is 0 Å². The molecule has 0 aromatic rings. The molecule has 0 aliphatic carbocycles. The molecule has 5 nitrogen and oxygen atoms in total. The Kier molecular flexibility index (Phi) is 5.89. The van der Waals surface area contributed by atoms with Gasteiger partial charge in [0.05, 0.1) is 5.60 Å². The van der Waals surface area contributed by atoms with E-state index in [2.05, 4.69) is 0 Å². The maximum Gasteiger partial charge on any atom is 0.291 e. The van der Waals surface area contributed by atoms with Crippen molar-refractivity contribution >= 4 is 10.1 Å². The Balaban J connectivity index is 3.88. The molecule has 0 radical (unpaired) electrons. The SMILES string of the molecule is CC(CCCC(C)(C)O)CC(O)S(=O)(=O)O. The molecule has 0 amide bonds. The van der Waals surface area contributed by atoms with Gasteiger partial charge in [-0.25, -0.2) is 0 Å². The molecule has 0 bridgehead atoms. The molecule has 16 heavy (non-hydrogen) atoms. The van der Waals surface area contributed by atoms with Crippen LogP contribution in [0.25, 0.3) is 0 Å². The molecule has 0 aliphatic heterocycles. The molecule has 0 saturated heterocycles. The van der Waals surface area contributed by atoms with Gasteiger partial charge in [-0.05, 0) is 32.6 Å². The topological polar surface area (TPSA) is 94.8 Å². The molecule has 0 fully saturated rings. The number of hydrogen-bond acceptors (Lipinski definition) is 4. The van der Waals surface area contributed by atoms with Gasteiger partial charge in [-0.2, -0.15) is 8.42 Å². The maximum absolute atomic E-state index is 10.6. The van der Waals surface area contributed by atoms with Crippen molar-refractivity contribution in [3.8, 4) is 0 Å². The zero-order valence-electron chi connectivity index (χ0n) is 10.0. The van der Waals surface area contributed by atoms with Crippen LogP contribution in [-0.4, -0.2) is 34.2 Å². The second-order valence-electron chi connectivity index (χ2n) is 5.02. The molecule has 2 atom stereocenters. The number of aliphatic hydroxyl groups is 2. The lowest BCUT2D eigenvalue weighted by Gasteiger charge is -2.19. The zero-order valence-corrected chi connectivity index (χ0v) is 10.9. The minimum absolute atomic E-state index is 0.0146. The van der Waals surface area contributed by atoms with E-state index < -0.39 is 21.2 Å². The van der Waals surface area contributed by atoms with Crippen LogP contribution in [0.2, 0.25) is 0 Å².